The van der Waals surface area contributed by atoms with Crippen LogP contribution in [0.2, 0.25) is 0 Å². The van der Waals surface area contributed by atoms with Gasteiger partial charge in [-0.2, -0.15) is 0 Å². The average Bonchev–Trinajstić information content (AvgIpc) is 2.42. The molecule has 3 heteroatoms. The molecule has 0 aliphatic carbocycles. The van der Waals surface area contributed by atoms with E-state index in [1.807, 2.05) is 0 Å². The van der Waals surface area contributed by atoms with Gasteiger partial charge in [-0.15, -0.1) is 0 Å². The quantitative estimate of drug-likeness (QED) is 0.757. The van der Waals surface area contributed by atoms with Gasteiger partial charge in [0, 0.05) is 25.0 Å². The first-order valence-electron chi connectivity index (χ1n) is 7.75. The van der Waals surface area contributed by atoms with Crippen molar-refractivity contribution in [3.8, 4) is 0 Å². The Morgan fingerprint density at radius 3 is 2.67 bits per heavy atom. The lowest BCUT2D eigenvalue weighted by atomic mass is 9.96. The summed E-state index contributed by atoms with van der Waals surface area (Å²) in [6.45, 7) is 9.39. The van der Waals surface area contributed by atoms with Crippen LogP contribution in [-0.2, 0) is 4.79 Å². The van der Waals surface area contributed by atoms with Crippen LogP contribution in [0.15, 0.2) is 0 Å². The second-order valence-corrected chi connectivity index (χ2v) is 5.37. The van der Waals surface area contributed by atoms with E-state index in [0.717, 1.165) is 38.9 Å². The zero-order chi connectivity index (χ0) is 13.4. The van der Waals surface area contributed by atoms with Crippen molar-refractivity contribution in [1.29, 1.82) is 0 Å². The fourth-order valence-corrected chi connectivity index (χ4v) is 2.88. The molecule has 1 rings (SSSR count). The normalized spacial score (nSPS) is 21.6. The molecule has 106 valence electrons. The topological polar surface area (TPSA) is 32.3 Å². The molecule has 1 amide bonds. The van der Waals surface area contributed by atoms with Gasteiger partial charge in [-0.25, -0.2) is 0 Å². The first kappa shape index (κ1) is 15.5. The van der Waals surface area contributed by atoms with Crippen molar-refractivity contribution in [2.24, 2.45) is 5.92 Å². The Hall–Kier alpha value is -0.570. The van der Waals surface area contributed by atoms with Crippen LogP contribution in [-0.4, -0.2) is 36.5 Å². The van der Waals surface area contributed by atoms with Crippen LogP contribution in [0.4, 0.5) is 0 Å². The van der Waals surface area contributed by atoms with Crippen LogP contribution >= 0.6 is 0 Å². The Kier molecular flexibility index (Phi) is 7.33. The number of nitrogens with one attached hydrogen (secondary N) is 1. The Bertz CT molecular complexity index is 237. The Morgan fingerprint density at radius 1 is 1.39 bits per heavy atom. The maximum atomic E-state index is 12.6. The highest BCUT2D eigenvalue weighted by atomic mass is 16.2. The minimum absolute atomic E-state index is 0.242. The summed E-state index contributed by atoms with van der Waals surface area (Å²) in [6, 6.07) is 0.423. The molecule has 1 heterocycles. The first-order valence-corrected chi connectivity index (χ1v) is 7.75. The third-order valence-electron chi connectivity index (χ3n) is 4.08. The van der Waals surface area contributed by atoms with Crippen LogP contribution < -0.4 is 5.32 Å². The van der Waals surface area contributed by atoms with Gasteiger partial charge in [0.2, 0.25) is 5.91 Å². The SMILES string of the molecule is CCCCC(CC)C(=O)N(CC)C1CCCNC1. The second-order valence-electron chi connectivity index (χ2n) is 5.37. The summed E-state index contributed by atoms with van der Waals surface area (Å²) in [6.07, 6.45) is 6.75. The molecular formula is C15H30N2O. The van der Waals surface area contributed by atoms with Gasteiger partial charge in [0.25, 0.3) is 0 Å². The number of amides is 1. The molecule has 2 atom stereocenters. The van der Waals surface area contributed by atoms with E-state index >= 15 is 0 Å². The summed E-state index contributed by atoms with van der Waals surface area (Å²) in [5, 5.41) is 3.41. The molecule has 0 aromatic carbocycles. The van der Waals surface area contributed by atoms with Crippen molar-refractivity contribution in [1.82, 2.24) is 10.2 Å². The molecule has 1 saturated heterocycles. The molecule has 2 unspecified atom stereocenters. The second kappa shape index (κ2) is 8.52. The van der Waals surface area contributed by atoms with Gasteiger partial charge in [-0.3, -0.25) is 4.79 Å². The fraction of sp³-hybridized carbons (Fsp3) is 0.933. The number of nitrogens with zero attached hydrogens (tertiary/aromatic N) is 1. The third-order valence-corrected chi connectivity index (χ3v) is 4.08. The lowest BCUT2D eigenvalue weighted by Crippen LogP contribution is -2.50. The number of piperidine rings is 1. The molecular weight excluding hydrogens is 224 g/mol. The van der Waals surface area contributed by atoms with Crippen molar-refractivity contribution in [3.63, 3.8) is 0 Å². The summed E-state index contributed by atoms with van der Waals surface area (Å²) in [5.74, 6) is 0.633. The number of hydrogen-bond donors (Lipinski definition) is 1. The molecule has 0 saturated carbocycles. The standard InChI is InChI=1S/C15H30N2O/c1-4-7-9-13(5-2)15(18)17(6-3)14-10-8-11-16-12-14/h13-14,16H,4-12H2,1-3H3. The van der Waals surface area contributed by atoms with Crippen LogP contribution in [0.3, 0.4) is 0 Å². The number of hydrogen-bond acceptors (Lipinski definition) is 2. The van der Waals surface area contributed by atoms with E-state index in [1.165, 1.54) is 19.3 Å². The molecule has 1 N–H and O–H groups in total. The van der Waals surface area contributed by atoms with Gasteiger partial charge in [-0.05, 0) is 39.2 Å². The smallest absolute Gasteiger partial charge is 0.225 e. The van der Waals surface area contributed by atoms with E-state index in [0.29, 0.717) is 11.9 Å². The summed E-state index contributed by atoms with van der Waals surface area (Å²) >= 11 is 0. The van der Waals surface area contributed by atoms with Crippen molar-refractivity contribution < 1.29 is 4.79 Å². The highest BCUT2D eigenvalue weighted by Gasteiger charge is 2.28. The van der Waals surface area contributed by atoms with Crippen molar-refractivity contribution >= 4 is 5.91 Å². The highest BCUT2D eigenvalue weighted by molar-refractivity contribution is 5.79. The molecule has 18 heavy (non-hydrogen) atoms. The van der Waals surface area contributed by atoms with E-state index in [2.05, 4.69) is 31.0 Å². The average molecular weight is 254 g/mol. The van der Waals surface area contributed by atoms with Gasteiger partial charge in [0.1, 0.15) is 0 Å². The van der Waals surface area contributed by atoms with Crippen molar-refractivity contribution in [3.05, 3.63) is 0 Å². The maximum absolute atomic E-state index is 12.6. The van der Waals surface area contributed by atoms with E-state index in [9.17, 15) is 4.79 Å². The molecule has 0 bridgehead atoms. The van der Waals surface area contributed by atoms with Gasteiger partial charge in [-0.1, -0.05) is 26.7 Å². The molecule has 0 aromatic rings. The predicted molar refractivity (Wildman–Crippen MR) is 76.6 cm³/mol. The minimum atomic E-state index is 0.242. The van der Waals surface area contributed by atoms with E-state index < -0.39 is 0 Å². The lowest BCUT2D eigenvalue weighted by molar-refractivity contribution is -0.138. The van der Waals surface area contributed by atoms with E-state index in [-0.39, 0.29) is 5.92 Å². The van der Waals surface area contributed by atoms with Gasteiger partial charge < -0.3 is 10.2 Å². The largest absolute Gasteiger partial charge is 0.338 e. The van der Waals surface area contributed by atoms with Crippen molar-refractivity contribution in [2.75, 3.05) is 19.6 Å². The first-order chi connectivity index (χ1) is 8.74. The summed E-state index contributed by atoms with van der Waals surface area (Å²) < 4.78 is 0. The van der Waals surface area contributed by atoms with Gasteiger partial charge in [0.05, 0.1) is 0 Å². The summed E-state index contributed by atoms with van der Waals surface area (Å²) in [5.41, 5.74) is 0. The van der Waals surface area contributed by atoms with E-state index in [4.69, 9.17) is 0 Å². The lowest BCUT2D eigenvalue weighted by Gasteiger charge is -2.36. The predicted octanol–water partition coefficient (Wildman–Crippen LogP) is 2.80. The van der Waals surface area contributed by atoms with Crippen LogP contribution in [0.5, 0.6) is 0 Å². The van der Waals surface area contributed by atoms with Crippen LogP contribution in [0.25, 0.3) is 0 Å². The zero-order valence-corrected chi connectivity index (χ0v) is 12.4. The minimum Gasteiger partial charge on any atom is -0.338 e. The monoisotopic (exact) mass is 254 g/mol. The maximum Gasteiger partial charge on any atom is 0.225 e. The fourth-order valence-electron chi connectivity index (χ4n) is 2.88. The molecule has 0 aromatic heterocycles. The summed E-state index contributed by atoms with van der Waals surface area (Å²) in [4.78, 5) is 14.7. The molecule has 3 nitrogen and oxygen atoms in total. The van der Waals surface area contributed by atoms with E-state index in [1.54, 1.807) is 0 Å². The highest BCUT2D eigenvalue weighted by Crippen LogP contribution is 2.19. The number of carbonyl (C=O) groups excluding carboxylic acids is 1. The summed E-state index contributed by atoms with van der Waals surface area (Å²) in [7, 11) is 0. The van der Waals surface area contributed by atoms with Gasteiger partial charge >= 0.3 is 0 Å². The van der Waals surface area contributed by atoms with Gasteiger partial charge in [0.15, 0.2) is 0 Å². The zero-order valence-electron chi connectivity index (χ0n) is 12.4. The number of carbonyl (C=O) groups is 1. The Labute approximate surface area is 112 Å². The third kappa shape index (κ3) is 4.27. The van der Waals surface area contributed by atoms with Crippen LogP contribution in [0, 0.1) is 5.92 Å². The number of rotatable bonds is 7. The Balaban J connectivity index is 2.57. The molecule has 1 aliphatic heterocycles. The molecule has 1 fully saturated rings. The molecule has 0 spiro atoms. The number of likely N-dealkylation sites (N-methyl/N-ethyl adjacent to an activating group) is 1. The van der Waals surface area contributed by atoms with Crippen molar-refractivity contribution in [2.45, 2.75) is 65.3 Å². The molecule has 0 radical (unpaired) electrons. The number of unbranched alkanes of at least 4 members (excludes halogenated alkanes) is 1. The Morgan fingerprint density at radius 2 is 2.17 bits per heavy atom. The van der Waals surface area contributed by atoms with Crippen LogP contribution in [0.1, 0.15) is 59.3 Å². The molecule has 1 aliphatic rings.